The van der Waals surface area contributed by atoms with E-state index in [9.17, 15) is 9.50 Å². The molecule has 2 unspecified atom stereocenters. The van der Waals surface area contributed by atoms with E-state index in [2.05, 4.69) is 6.07 Å². The maximum absolute atomic E-state index is 12.8. The fourth-order valence-corrected chi connectivity index (χ4v) is 2.76. The average molecular weight is 242 g/mol. The standard InChI is InChI=1S/C16H15FO/c17-14-7-5-11(6-8-14)9-13-10-12-3-1-2-4-15(12)16(13)18/h1-8,13,16,18H,9-10H2. The van der Waals surface area contributed by atoms with Gasteiger partial charge in [0, 0.05) is 0 Å². The van der Waals surface area contributed by atoms with Crippen LogP contribution in [0.25, 0.3) is 0 Å². The highest BCUT2D eigenvalue weighted by atomic mass is 19.1. The van der Waals surface area contributed by atoms with E-state index < -0.39 is 6.10 Å². The van der Waals surface area contributed by atoms with Crippen molar-refractivity contribution in [3.63, 3.8) is 0 Å². The van der Waals surface area contributed by atoms with Crippen molar-refractivity contribution < 1.29 is 9.50 Å². The van der Waals surface area contributed by atoms with E-state index in [4.69, 9.17) is 0 Å². The molecule has 2 atom stereocenters. The van der Waals surface area contributed by atoms with E-state index in [-0.39, 0.29) is 11.7 Å². The van der Waals surface area contributed by atoms with Crippen LogP contribution >= 0.6 is 0 Å². The monoisotopic (exact) mass is 242 g/mol. The molecule has 0 fully saturated rings. The van der Waals surface area contributed by atoms with Crippen molar-refractivity contribution in [1.82, 2.24) is 0 Å². The molecule has 0 heterocycles. The predicted molar refractivity (Wildman–Crippen MR) is 68.7 cm³/mol. The van der Waals surface area contributed by atoms with Crippen LogP contribution in [0, 0.1) is 11.7 Å². The van der Waals surface area contributed by atoms with Gasteiger partial charge in [-0.2, -0.15) is 0 Å². The predicted octanol–water partition coefficient (Wildman–Crippen LogP) is 3.27. The molecule has 0 aliphatic heterocycles. The molecule has 92 valence electrons. The molecule has 1 nitrogen and oxygen atoms in total. The van der Waals surface area contributed by atoms with Gasteiger partial charge >= 0.3 is 0 Å². The van der Waals surface area contributed by atoms with Crippen molar-refractivity contribution in [1.29, 1.82) is 0 Å². The number of fused-ring (bicyclic) bond motifs is 1. The van der Waals surface area contributed by atoms with Crippen molar-refractivity contribution >= 4 is 0 Å². The highest BCUT2D eigenvalue weighted by Crippen LogP contribution is 2.37. The minimum absolute atomic E-state index is 0.202. The van der Waals surface area contributed by atoms with Gasteiger partial charge in [-0.25, -0.2) is 4.39 Å². The SMILES string of the molecule is OC1c2ccccc2CC1Cc1ccc(F)cc1. The van der Waals surface area contributed by atoms with Crippen molar-refractivity contribution in [2.75, 3.05) is 0 Å². The Labute approximate surface area is 106 Å². The summed E-state index contributed by atoms with van der Waals surface area (Å²) in [6.45, 7) is 0. The molecule has 0 aromatic heterocycles. The third kappa shape index (κ3) is 2.04. The lowest BCUT2D eigenvalue weighted by Crippen LogP contribution is -2.10. The minimum atomic E-state index is -0.397. The van der Waals surface area contributed by atoms with Crippen LogP contribution in [0.3, 0.4) is 0 Å². The lowest BCUT2D eigenvalue weighted by Gasteiger charge is -2.14. The van der Waals surface area contributed by atoms with Gasteiger partial charge in [0.05, 0.1) is 6.10 Å². The summed E-state index contributed by atoms with van der Waals surface area (Å²) in [6, 6.07) is 14.6. The molecule has 0 saturated carbocycles. The molecule has 2 aromatic rings. The van der Waals surface area contributed by atoms with Crippen LogP contribution in [0.5, 0.6) is 0 Å². The van der Waals surface area contributed by atoms with Gasteiger partial charge in [-0.1, -0.05) is 36.4 Å². The summed E-state index contributed by atoms with van der Waals surface area (Å²) in [5.74, 6) is -0.0122. The fraction of sp³-hybridized carbons (Fsp3) is 0.250. The van der Waals surface area contributed by atoms with Crippen LogP contribution in [0.15, 0.2) is 48.5 Å². The van der Waals surface area contributed by atoms with E-state index >= 15 is 0 Å². The molecule has 0 saturated heterocycles. The number of aliphatic hydroxyl groups excluding tert-OH is 1. The average Bonchev–Trinajstić information content (AvgIpc) is 2.70. The molecule has 1 N–H and O–H groups in total. The number of benzene rings is 2. The Balaban J connectivity index is 1.78. The van der Waals surface area contributed by atoms with E-state index in [1.165, 1.54) is 17.7 Å². The number of halogens is 1. The maximum Gasteiger partial charge on any atom is 0.123 e. The van der Waals surface area contributed by atoms with Crippen LogP contribution in [0.2, 0.25) is 0 Å². The van der Waals surface area contributed by atoms with Crippen LogP contribution in [0.1, 0.15) is 22.8 Å². The Bertz CT molecular complexity index is 547. The zero-order chi connectivity index (χ0) is 12.5. The van der Waals surface area contributed by atoms with Gasteiger partial charge in [-0.15, -0.1) is 0 Å². The molecule has 3 rings (SSSR count). The van der Waals surface area contributed by atoms with Gasteiger partial charge in [0.15, 0.2) is 0 Å². The van der Waals surface area contributed by atoms with Crippen molar-refractivity contribution in [2.24, 2.45) is 5.92 Å². The molecule has 2 aromatic carbocycles. The number of hydrogen-bond acceptors (Lipinski definition) is 1. The fourth-order valence-electron chi connectivity index (χ4n) is 2.76. The summed E-state index contributed by atoms with van der Waals surface area (Å²) in [6.07, 6.45) is 1.29. The molecular formula is C16H15FO. The topological polar surface area (TPSA) is 20.2 Å². The molecule has 0 radical (unpaired) electrons. The zero-order valence-corrected chi connectivity index (χ0v) is 10.0. The molecule has 0 amide bonds. The molecule has 2 heteroatoms. The first-order valence-corrected chi connectivity index (χ1v) is 6.24. The van der Waals surface area contributed by atoms with Gasteiger partial charge in [0.2, 0.25) is 0 Å². The maximum atomic E-state index is 12.8. The first-order chi connectivity index (χ1) is 8.74. The first kappa shape index (κ1) is 11.4. The number of rotatable bonds is 2. The van der Waals surface area contributed by atoms with E-state index in [1.54, 1.807) is 12.1 Å². The Kier molecular flexibility index (Phi) is 2.88. The van der Waals surface area contributed by atoms with Gasteiger partial charge in [0.1, 0.15) is 5.82 Å². The van der Waals surface area contributed by atoms with E-state index in [1.807, 2.05) is 18.2 Å². The van der Waals surface area contributed by atoms with Crippen LogP contribution < -0.4 is 0 Å². The van der Waals surface area contributed by atoms with E-state index in [0.29, 0.717) is 0 Å². The zero-order valence-electron chi connectivity index (χ0n) is 10.0. The molecule has 18 heavy (non-hydrogen) atoms. The van der Waals surface area contributed by atoms with E-state index in [0.717, 1.165) is 24.0 Å². The highest BCUT2D eigenvalue weighted by Gasteiger charge is 2.30. The third-order valence-corrected chi connectivity index (χ3v) is 3.71. The van der Waals surface area contributed by atoms with Gasteiger partial charge in [-0.3, -0.25) is 0 Å². The van der Waals surface area contributed by atoms with Crippen molar-refractivity contribution in [2.45, 2.75) is 18.9 Å². The molecule has 0 spiro atoms. The van der Waals surface area contributed by atoms with Gasteiger partial charge in [-0.05, 0) is 47.6 Å². The highest BCUT2D eigenvalue weighted by molar-refractivity contribution is 5.35. The molecular weight excluding hydrogens is 227 g/mol. The van der Waals surface area contributed by atoms with Crippen LogP contribution in [-0.4, -0.2) is 5.11 Å². The lowest BCUT2D eigenvalue weighted by atomic mass is 9.95. The quantitative estimate of drug-likeness (QED) is 0.857. The normalized spacial score (nSPS) is 21.9. The van der Waals surface area contributed by atoms with Gasteiger partial charge in [0.25, 0.3) is 0 Å². The summed E-state index contributed by atoms with van der Waals surface area (Å²) in [5.41, 5.74) is 3.36. The Morgan fingerprint density at radius 3 is 2.50 bits per heavy atom. The number of hydrogen-bond donors (Lipinski definition) is 1. The lowest BCUT2D eigenvalue weighted by molar-refractivity contribution is 0.123. The van der Waals surface area contributed by atoms with Crippen molar-refractivity contribution in [3.05, 3.63) is 71.0 Å². The second kappa shape index (κ2) is 4.54. The first-order valence-electron chi connectivity index (χ1n) is 6.24. The van der Waals surface area contributed by atoms with Gasteiger partial charge < -0.3 is 5.11 Å². The van der Waals surface area contributed by atoms with Crippen LogP contribution in [0.4, 0.5) is 4.39 Å². The Hall–Kier alpha value is -1.67. The summed E-state index contributed by atoms with van der Waals surface area (Å²) in [7, 11) is 0. The smallest absolute Gasteiger partial charge is 0.123 e. The summed E-state index contributed by atoms with van der Waals surface area (Å²) >= 11 is 0. The second-order valence-electron chi connectivity index (χ2n) is 4.94. The number of aliphatic hydroxyl groups is 1. The third-order valence-electron chi connectivity index (χ3n) is 3.71. The minimum Gasteiger partial charge on any atom is -0.388 e. The van der Waals surface area contributed by atoms with Crippen molar-refractivity contribution in [3.8, 4) is 0 Å². The molecule has 1 aliphatic rings. The Morgan fingerprint density at radius 2 is 1.78 bits per heavy atom. The van der Waals surface area contributed by atoms with Crippen LogP contribution in [-0.2, 0) is 12.8 Å². The molecule has 1 aliphatic carbocycles. The summed E-state index contributed by atoms with van der Waals surface area (Å²) in [4.78, 5) is 0. The summed E-state index contributed by atoms with van der Waals surface area (Å²) < 4.78 is 12.8. The second-order valence-corrected chi connectivity index (χ2v) is 4.94. The summed E-state index contributed by atoms with van der Waals surface area (Å²) in [5, 5.41) is 10.3. The molecule has 0 bridgehead atoms. The largest absolute Gasteiger partial charge is 0.388 e. The Morgan fingerprint density at radius 1 is 1.06 bits per heavy atom.